The number of hydrogen-bond donors (Lipinski definition) is 0. The summed E-state index contributed by atoms with van der Waals surface area (Å²) in [6.45, 7) is 5.20. The quantitative estimate of drug-likeness (QED) is 0.397. The molecule has 170 valence electrons. The lowest BCUT2D eigenvalue weighted by Gasteiger charge is -2.39. The van der Waals surface area contributed by atoms with Gasteiger partial charge >= 0.3 is 6.18 Å². The molecule has 0 radical (unpaired) electrons. The van der Waals surface area contributed by atoms with Crippen molar-refractivity contribution in [3.8, 4) is 0 Å². The number of carbonyl (C=O) groups excluding carboxylic acids is 1. The van der Waals surface area contributed by atoms with E-state index in [1.54, 1.807) is 35.6 Å². The summed E-state index contributed by atoms with van der Waals surface area (Å²) in [5, 5.41) is 1.45. The monoisotopic (exact) mass is 482 g/mol. The number of hydrogen-bond acceptors (Lipinski definition) is 1. The third kappa shape index (κ3) is 3.99. The number of rotatable bonds is 4. The number of likely N-dealkylation sites (tertiary alicyclic amines) is 1. The molecule has 0 bridgehead atoms. The minimum Gasteiger partial charge on any atom is -0.347 e. The van der Waals surface area contributed by atoms with Crippen molar-refractivity contribution in [2.45, 2.75) is 32.9 Å². The highest BCUT2D eigenvalue weighted by molar-refractivity contribution is 6.38. The first kappa shape index (κ1) is 23.0. The minimum absolute atomic E-state index is 0.125. The van der Waals surface area contributed by atoms with E-state index in [0.29, 0.717) is 57.7 Å². The summed E-state index contributed by atoms with van der Waals surface area (Å²) >= 11 is 13.1. The number of alkyl halides is 3. The van der Waals surface area contributed by atoms with Gasteiger partial charge in [-0.1, -0.05) is 30.1 Å². The van der Waals surface area contributed by atoms with Crippen LogP contribution in [0, 0.1) is 12.8 Å². The maximum atomic E-state index is 13.3. The van der Waals surface area contributed by atoms with Crippen molar-refractivity contribution in [3.63, 3.8) is 0 Å². The van der Waals surface area contributed by atoms with Crippen LogP contribution in [0.4, 0.5) is 13.2 Å². The Labute approximate surface area is 194 Å². The van der Waals surface area contributed by atoms with Gasteiger partial charge in [0.25, 0.3) is 5.91 Å². The SMILES string of the molecule is CCC1CN(C(=O)c2ccc(Cl)c(Cc3cc4c(C)cc(C(F)(F)F)cc4n3C)c2Cl)C1. The van der Waals surface area contributed by atoms with E-state index in [0.717, 1.165) is 29.6 Å². The fraction of sp³-hybridized carbons (Fsp3) is 0.375. The molecule has 32 heavy (non-hydrogen) atoms. The number of fused-ring (bicyclic) bond motifs is 1. The van der Waals surface area contributed by atoms with Crippen LogP contribution in [0.1, 0.15) is 46.1 Å². The van der Waals surface area contributed by atoms with Crippen LogP contribution in [0.25, 0.3) is 10.9 Å². The van der Waals surface area contributed by atoms with E-state index in [2.05, 4.69) is 6.92 Å². The molecule has 2 aromatic carbocycles. The third-order valence-corrected chi connectivity index (χ3v) is 7.18. The molecule has 4 rings (SSSR count). The predicted molar refractivity (Wildman–Crippen MR) is 122 cm³/mol. The van der Waals surface area contributed by atoms with Crippen LogP contribution in [0.5, 0.6) is 0 Å². The van der Waals surface area contributed by atoms with Gasteiger partial charge in [0.15, 0.2) is 0 Å². The molecule has 0 spiro atoms. The maximum Gasteiger partial charge on any atom is 0.416 e. The molecule has 1 aliphatic heterocycles. The second-order valence-electron chi connectivity index (χ2n) is 8.47. The summed E-state index contributed by atoms with van der Waals surface area (Å²) in [6, 6.07) is 7.46. The number of aryl methyl sites for hydroxylation is 2. The third-order valence-electron chi connectivity index (χ3n) is 6.39. The first-order valence-corrected chi connectivity index (χ1v) is 11.2. The first-order valence-electron chi connectivity index (χ1n) is 10.4. The smallest absolute Gasteiger partial charge is 0.347 e. The predicted octanol–water partition coefficient (Wildman–Crippen LogP) is 6.89. The Morgan fingerprint density at radius 1 is 1.16 bits per heavy atom. The summed E-state index contributed by atoms with van der Waals surface area (Å²) < 4.78 is 41.5. The molecule has 0 N–H and O–H groups in total. The van der Waals surface area contributed by atoms with Gasteiger partial charge in [-0.15, -0.1) is 0 Å². The van der Waals surface area contributed by atoms with Crippen molar-refractivity contribution in [2.75, 3.05) is 13.1 Å². The molecule has 1 amide bonds. The molecule has 1 aliphatic rings. The van der Waals surface area contributed by atoms with Crippen molar-refractivity contribution in [1.82, 2.24) is 9.47 Å². The molecule has 1 fully saturated rings. The highest BCUT2D eigenvalue weighted by Crippen LogP contribution is 2.36. The molecule has 1 saturated heterocycles. The van der Waals surface area contributed by atoms with E-state index >= 15 is 0 Å². The highest BCUT2D eigenvalue weighted by Gasteiger charge is 2.33. The Bertz CT molecular complexity index is 1210. The Kier molecular flexibility index (Phi) is 5.97. The van der Waals surface area contributed by atoms with Gasteiger partial charge in [-0.25, -0.2) is 0 Å². The van der Waals surface area contributed by atoms with Crippen molar-refractivity contribution in [1.29, 1.82) is 0 Å². The molecule has 0 saturated carbocycles. The van der Waals surface area contributed by atoms with Gasteiger partial charge in [0.05, 0.1) is 16.1 Å². The van der Waals surface area contributed by atoms with E-state index in [9.17, 15) is 18.0 Å². The summed E-state index contributed by atoms with van der Waals surface area (Å²) in [7, 11) is 1.72. The summed E-state index contributed by atoms with van der Waals surface area (Å²) in [5.41, 5.74) is 2.09. The van der Waals surface area contributed by atoms with Gasteiger partial charge in [0, 0.05) is 48.2 Å². The van der Waals surface area contributed by atoms with Gasteiger partial charge in [-0.05, 0) is 60.7 Å². The second-order valence-corrected chi connectivity index (χ2v) is 9.25. The molecule has 1 aromatic heterocycles. The zero-order valence-electron chi connectivity index (χ0n) is 18.0. The number of benzene rings is 2. The molecule has 3 nitrogen and oxygen atoms in total. The molecule has 0 atom stereocenters. The maximum absolute atomic E-state index is 13.3. The van der Waals surface area contributed by atoms with Gasteiger partial charge in [-0.3, -0.25) is 4.79 Å². The largest absolute Gasteiger partial charge is 0.416 e. The van der Waals surface area contributed by atoms with Crippen LogP contribution in [0.15, 0.2) is 30.3 Å². The Morgan fingerprint density at radius 2 is 1.84 bits per heavy atom. The summed E-state index contributed by atoms with van der Waals surface area (Å²) in [6.07, 6.45) is -3.10. The fourth-order valence-electron chi connectivity index (χ4n) is 4.27. The van der Waals surface area contributed by atoms with Crippen molar-refractivity contribution in [3.05, 3.63) is 68.3 Å². The lowest BCUT2D eigenvalue weighted by atomic mass is 9.95. The molecular formula is C24H23Cl2F3N2O. The van der Waals surface area contributed by atoms with Crippen molar-refractivity contribution < 1.29 is 18.0 Å². The highest BCUT2D eigenvalue weighted by atomic mass is 35.5. The minimum atomic E-state index is -4.42. The molecule has 3 aromatic rings. The van der Waals surface area contributed by atoms with Crippen LogP contribution in [0.3, 0.4) is 0 Å². The van der Waals surface area contributed by atoms with Gasteiger partial charge in [-0.2, -0.15) is 13.2 Å². The number of amides is 1. The first-order chi connectivity index (χ1) is 15.0. The van der Waals surface area contributed by atoms with Crippen molar-refractivity contribution in [2.24, 2.45) is 13.0 Å². The molecular weight excluding hydrogens is 460 g/mol. The molecule has 2 heterocycles. The average Bonchev–Trinajstić information content (AvgIpc) is 3.00. The molecule has 0 unspecified atom stereocenters. The number of carbonyl (C=O) groups is 1. The average molecular weight is 483 g/mol. The second kappa shape index (κ2) is 8.31. The zero-order valence-corrected chi connectivity index (χ0v) is 19.5. The van der Waals surface area contributed by atoms with Crippen LogP contribution in [-0.4, -0.2) is 28.5 Å². The van der Waals surface area contributed by atoms with Crippen LogP contribution >= 0.6 is 23.2 Å². The zero-order chi connectivity index (χ0) is 23.4. The molecule has 0 aliphatic carbocycles. The van der Waals surface area contributed by atoms with E-state index in [4.69, 9.17) is 23.2 Å². The van der Waals surface area contributed by atoms with Gasteiger partial charge < -0.3 is 9.47 Å². The van der Waals surface area contributed by atoms with Gasteiger partial charge in [0.2, 0.25) is 0 Å². The topological polar surface area (TPSA) is 25.2 Å². The normalized spacial score (nSPS) is 14.8. The number of halogens is 5. The van der Waals surface area contributed by atoms with E-state index in [1.807, 2.05) is 6.07 Å². The Hall–Kier alpha value is -2.18. The Morgan fingerprint density at radius 3 is 2.47 bits per heavy atom. The van der Waals surface area contributed by atoms with E-state index in [-0.39, 0.29) is 5.91 Å². The van der Waals surface area contributed by atoms with Crippen LogP contribution in [-0.2, 0) is 19.6 Å². The van der Waals surface area contributed by atoms with E-state index in [1.165, 1.54) is 0 Å². The molecule has 8 heteroatoms. The van der Waals surface area contributed by atoms with Crippen LogP contribution in [0.2, 0.25) is 10.0 Å². The lowest BCUT2D eigenvalue weighted by molar-refractivity contribution is -0.137. The standard InChI is InChI=1S/C24H23Cl2F3N2O/c1-4-14-11-31(12-14)23(32)17-5-6-20(25)19(22(17)26)10-16-9-18-13(2)7-15(24(27,28)29)8-21(18)30(16)3/h5-9,14H,4,10-12H2,1-3H3. The summed E-state index contributed by atoms with van der Waals surface area (Å²) in [5.74, 6) is 0.394. The number of aromatic nitrogens is 1. The van der Waals surface area contributed by atoms with Crippen molar-refractivity contribution >= 4 is 40.0 Å². The van der Waals surface area contributed by atoms with Crippen LogP contribution < -0.4 is 0 Å². The number of nitrogens with zero attached hydrogens (tertiary/aromatic N) is 2. The fourth-order valence-corrected chi connectivity index (χ4v) is 4.85. The summed E-state index contributed by atoms with van der Waals surface area (Å²) in [4.78, 5) is 14.7. The lowest BCUT2D eigenvalue weighted by Crippen LogP contribution is -2.49. The Balaban J connectivity index is 1.71. The van der Waals surface area contributed by atoms with E-state index < -0.39 is 11.7 Å². The van der Waals surface area contributed by atoms with Gasteiger partial charge in [0.1, 0.15) is 0 Å².